The smallest absolute Gasteiger partial charge is 0.209 e. The average molecular weight is 314 g/mol. The second-order valence-electron chi connectivity index (χ2n) is 5.08. The van der Waals surface area contributed by atoms with Gasteiger partial charge in [0, 0.05) is 19.0 Å². The molecule has 22 heavy (non-hydrogen) atoms. The Morgan fingerprint density at radius 2 is 2.00 bits per heavy atom. The van der Waals surface area contributed by atoms with Crippen LogP contribution in [-0.2, 0) is 20.0 Å². The molecule has 0 atom stereocenters. The molecule has 1 aromatic carbocycles. The van der Waals surface area contributed by atoms with Crippen molar-refractivity contribution in [2.75, 3.05) is 5.75 Å². The molecule has 2 aromatic heterocycles. The van der Waals surface area contributed by atoms with Crippen molar-refractivity contribution in [2.24, 2.45) is 7.05 Å². The van der Waals surface area contributed by atoms with Crippen LogP contribution in [0.15, 0.2) is 47.9 Å². The van der Waals surface area contributed by atoms with Crippen LogP contribution in [0.4, 0.5) is 0 Å². The fourth-order valence-corrected chi connectivity index (χ4v) is 3.01. The topological polar surface area (TPSA) is 61.4 Å². The molecular weight excluding hydrogens is 296 g/mol. The highest BCUT2D eigenvalue weighted by Crippen LogP contribution is 2.17. The quantitative estimate of drug-likeness (QED) is 0.494. The van der Waals surface area contributed by atoms with Gasteiger partial charge in [0.25, 0.3) is 0 Å². The molecular formula is C15H18N6S. The van der Waals surface area contributed by atoms with Gasteiger partial charge in [0.1, 0.15) is 0 Å². The maximum atomic E-state index is 4.18. The van der Waals surface area contributed by atoms with Crippen LogP contribution in [0.5, 0.6) is 0 Å². The average Bonchev–Trinajstić information content (AvgIpc) is 3.14. The van der Waals surface area contributed by atoms with Crippen molar-refractivity contribution >= 4 is 11.8 Å². The van der Waals surface area contributed by atoms with Gasteiger partial charge in [-0.25, -0.2) is 4.68 Å². The lowest BCUT2D eigenvalue weighted by molar-refractivity contribution is 0.602. The molecule has 0 spiro atoms. The number of aromatic nitrogens is 6. The summed E-state index contributed by atoms with van der Waals surface area (Å²) >= 11 is 1.70. The minimum absolute atomic E-state index is 0.707. The van der Waals surface area contributed by atoms with Crippen LogP contribution in [0, 0.1) is 0 Å². The van der Waals surface area contributed by atoms with Gasteiger partial charge in [-0.3, -0.25) is 4.68 Å². The third-order valence-electron chi connectivity index (χ3n) is 3.27. The summed E-state index contributed by atoms with van der Waals surface area (Å²) in [5, 5.41) is 17.0. The van der Waals surface area contributed by atoms with Crippen LogP contribution in [0.2, 0.25) is 0 Å². The Bertz CT molecular complexity index is 706. The predicted molar refractivity (Wildman–Crippen MR) is 85.6 cm³/mol. The van der Waals surface area contributed by atoms with Gasteiger partial charge in [-0.2, -0.15) is 5.10 Å². The summed E-state index contributed by atoms with van der Waals surface area (Å²) in [6, 6.07) is 10.2. The van der Waals surface area contributed by atoms with E-state index in [1.165, 1.54) is 11.1 Å². The summed E-state index contributed by atoms with van der Waals surface area (Å²) in [4.78, 5) is 0. The van der Waals surface area contributed by atoms with Crippen LogP contribution < -0.4 is 0 Å². The maximum Gasteiger partial charge on any atom is 0.209 e. The number of tetrazole rings is 1. The van der Waals surface area contributed by atoms with Crippen molar-refractivity contribution in [1.29, 1.82) is 0 Å². The standard InChI is InChI=1S/C15H18N6S/c1-20-11-14(10-16-20)8-5-9-22-15-17-18-19-21(15)12-13-6-3-2-4-7-13/h2-4,6-7,10-11H,5,8-9,12H2,1H3. The van der Waals surface area contributed by atoms with Crippen LogP contribution in [-0.4, -0.2) is 35.7 Å². The number of rotatable bonds is 7. The highest BCUT2D eigenvalue weighted by molar-refractivity contribution is 7.99. The number of hydrogen-bond donors (Lipinski definition) is 0. The van der Waals surface area contributed by atoms with Gasteiger partial charge in [0.05, 0.1) is 12.7 Å². The predicted octanol–water partition coefficient (Wildman–Crippen LogP) is 2.18. The van der Waals surface area contributed by atoms with E-state index in [1.54, 1.807) is 11.8 Å². The van der Waals surface area contributed by atoms with Crippen molar-refractivity contribution in [3.05, 3.63) is 53.9 Å². The molecule has 3 rings (SSSR count). The zero-order chi connectivity index (χ0) is 15.2. The fourth-order valence-electron chi connectivity index (χ4n) is 2.20. The Hall–Kier alpha value is -2.15. The third-order valence-corrected chi connectivity index (χ3v) is 4.32. The first-order valence-corrected chi connectivity index (χ1v) is 8.20. The zero-order valence-corrected chi connectivity index (χ0v) is 13.3. The molecule has 0 aliphatic carbocycles. The summed E-state index contributed by atoms with van der Waals surface area (Å²) in [6.45, 7) is 0.707. The van der Waals surface area contributed by atoms with Gasteiger partial charge in [0.15, 0.2) is 0 Å². The number of hydrogen-bond acceptors (Lipinski definition) is 5. The molecule has 0 amide bonds. The van der Waals surface area contributed by atoms with Gasteiger partial charge < -0.3 is 0 Å². The number of thioether (sulfide) groups is 1. The zero-order valence-electron chi connectivity index (χ0n) is 12.5. The monoisotopic (exact) mass is 314 g/mol. The Morgan fingerprint density at radius 3 is 2.77 bits per heavy atom. The lowest BCUT2D eigenvalue weighted by atomic mass is 10.2. The second kappa shape index (κ2) is 7.22. The summed E-state index contributed by atoms with van der Waals surface area (Å²) < 4.78 is 3.69. The molecule has 6 nitrogen and oxygen atoms in total. The molecule has 0 aliphatic heterocycles. The summed E-state index contributed by atoms with van der Waals surface area (Å²) in [7, 11) is 1.94. The highest BCUT2D eigenvalue weighted by atomic mass is 32.2. The second-order valence-corrected chi connectivity index (χ2v) is 6.14. The molecule has 0 aliphatic rings. The molecule has 7 heteroatoms. The number of benzene rings is 1. The molecule has 3 aromatic rings. The van der Waals surface area contributed by atoms with E-state index >= 15 is 0 Å². The lowest BCUT2D eigenvalue weighted by Crippen LogP contribution is -2.04. The van der Waals surface area contributed by atoms with Crippen molar-refractivity contribution in [1.82, 2.24) is 30.0 Å². The Kier molecular flexibility index (Phi) is 4.85. The molecule has 0 radical (unpaired) electrons. The van der Waals surface area contributed by atoms with Gasteiger partial charge in [-0.15, -0.1) is 5.10 Å². The Balaban J connectivity index is 1.50. The lowest BCUT2D eigenvalue weighted by Gasteiger charge is -2.04. The first-order valence-electron chi connectivity index (χ1n) is 7.21. The van der Waals surface area contributed by atoms with E-state index in [-0.39, 0.29) is 0 Å². The van der Waals surface area contributed by atoms with Crippen LogP contribution >= 0.6 is 11.8 Å². The van der Waals surface area contributed by atoms with Crippen molar-refractivity contribution in [2.45, 2.75) is 24.5 Å². The first-order chi connectivity index (χ1) is 10.8. The molecule has 0 fully saturated rings. The van der Waals surface area contributed by atoms with Gasteiger partial charge in [-0.1, -0.05) is 42.1 Å². The summed E-state index contributed by atoms with van der Waals surface area (Å²) in [5.41, 5.74) is 2.47. The van der Waals surface area contributed by atoms with E-state index < -0.39 is 0 Å². The highest BCUT2D eigenvalue weighted by Gasteiger charge is 2.07. The van der Waals surface area contributed by atoms with Crippen molar-refractivity contribution < 1.29 is 0 Å². The van der Waals surface area contributed by atoms with Crippen molar-refractivity contribution in [3.8, 4) is 0 Å². The van der Waals surface area contributed by atoms with Crippen LogP contribution in [0.1, 0.15) is 17.5 Å². The fraction of sp³-hybridized carbons (Fsp3) is 0.333. The van der Waals surface area contributed by atoms with E-state index in [4.69, 9.17) is 0 Å². The maximum absolute atomic E-state index is 4.18. The third kappa shape index (κ3) is 3.94. The largest absolute Gasteiger partial charge is 0.276 e. The molecule has 0 saturated heterocycles. The van der Waals surface area contributed by atoms with E-state index in [2.05, 4.69) is 39.0 Å². The number of nitrogens with zero attached hydrogens (tertiary/aromatic N) is 6. The first kappa shape index (κ1) is 14.8. The molecule has 0 bridgehead atoms. The van der Waals surface area contributed by atoms with Gasteiger partial charge in [-0.05, 0) is 34.4 Å². The summed E-state index contributed by atoms with van der Waals surface area (Å²) in [5.74, 6) is 0.990. The number of aryl methyl sites for hydroxylation is 2. The van der Waals surface area contributed by atoms with Gasteiger partial charge >= 0.3 is 0 Å². The van der Waals surface area contributed by atoms with Crippen LogP contribution in [0.3, 0.4) is 0 Å². The van der Waals surface area contributed by atoms with Crippen molar-refractivity contribution in [3.63, 3.8) is 0 Å². The van der Waals surface area contributed by atoms with Crippen LogP contribution in [0.25, 0.3) is 0 Å². The molecule has 0 N–H and O–H groups in total. The van der Waals surface area contributed by atoms with E-state index in [1.807, 2.05) is 40.8 Å². The van der Waals surface area contributed by atoms with E-state index in [0.717, 1.165) is 23.8 Å². The molecule has 2 heterocycles. The normalized spacial score (nSPS) is 11.0. The summed E-state index contributed by atoms with van der Waals surface area (Å²) in [6.07, 6.45) is 6.09. The van der Waals surface area contributed by atoms with E-state index in [0.29, 0.717) is 6.54 Å². The minimum Gasteiger partial charge on any atom is -0.276 e. The SMILES string of the molecule is Cn1cc(CCCSc2nnnn2Cc2ccccc2)cn1. The van der Waals surface area contributed by atoms with Gasteiger partial charge in [0.2, 0.25) is 5.16 Å². The molecule has 114 valence electrons. The Morgan fingerprint density at radius 1 is 1.14 bits per heavy atom. The molecule has 0 saturated carbocycles. The minimum atomic E-state index is 0.707. The van der Waals surface area contributed by atoms with E-state index in [9.17, 15) is 0 Å². The Labute approximate surface area is 133 Å². The molecule has 0 unspecified atom stereocenters.